The number of ether oxygens (including phenoxy) is 1. The molecule has 1 rings (SSSR count). The van der Waals surface area contributed by atoms with E-state index in [4.69, 9.17) is 4.74 Å². The molecule has 23 heavy (non-hydrogen) atoms. The van der Waals surface area contributed by atoms with Crippen LogP contribution in [0.5, 0.6) is 0 Å². The fraction of sp³-hybridized carbons (Fsp3) is 0.952. The van der Waals surface area contributed by atoms with Crippen LogP contribution in [0.2, 0.25) is 0 Å². The summed E-state index contributed by atoms with van der Waals surface area (Å²) >= 11 is 0. The van der Waals surface area contributed by atoms with Gasteiger partial charge in [0.2, 0.25) is 0 Å². The summed E-state index contributed by atoms with van der Waals surface area (Å²) in [5.74, 6) is 1.51. The van der Waals surface area contributed by atoms with Crippen molar-refractivity contribution in [3.63, 3.8) is 0 Å². The van der Waals surface area contributed by atoms with Crippen molar-refractivity contribution in [2.75, 3.05) is 0 Å². The highest BCUT2D eigenvalue weighted by molar-refractivity contribution is 5.76. The topological polar surface area (TPSA) is 26.3 Å². The average molecular weight is 325 g/mol. The van der Waals surface area contributed by atoms with Gasteiger partial charge in [-0.2, -0.15) is 0 Å². The normalized spacial score (nSPS) is 30.2. The Morgan fingerprint density at radius 3 is 1.61 bits per heavy atom. The predicted molar refractivity (Wildman–Crippen MR) is 98.2 cm³/mol. The zero-order valence-electron chi connectivity index (χ0n) is 17.2. The van der Waals surface area contributed by atoms with Gasteiger partial charge in [0.15, 0.2) is 0 Å². The molecular weight excluding hydrogens is 284 g/mol. The summed E-state index contributed by atoms with van der Waals surface area (Å²) in [6.07, 6.45) is 3.15. The molecule has 0 spiro atoms. The molecule has 2 nitrogen and oxygen atoms in total. The van der Waals surface area contributed by atoms with Crippen molar-refractivity contribution in [3.8, 4) is 0 Å². The smallest absolute Gasteiger partial charge is 0.311 e. The first-order chi connectivity index (χ1) is 10.2. The zero-order chi connectivity index (χ0) is 18.2. The van der Waals surface area contributed by atoms with Gasteiger partial charge in [-0.25, -0.2) is 0 Å². The SMILES string of the molecule is CCC(C)(C)C(=O)OC1C(C(C)(C)C)CC(C)CC1C(C)(C)C. The molecule has 0 aromatic carbocycles. The Balaban J connectivity index is 3.17. The lowest BCUT2D eigenvalue weighted by molar-refractivity contribution is -0.179. The fourth-order valence-corrected chi connectivity index (χ4v) is 3.80. The van der Waals surface area contributed by atoms with Crippen molar-refractivity contribution in [2.45, 2.75) is 94.6 Å². The molecule has 0 saturated heterocycles. The van der Waals surface area contributed by atoms with Crippen LogP contribution in [0, 0.1) is 34.0 Å². The van der Waals surface area contributed by atoms with Gasteiger partial charge in [0.1, 0.15) is 6.10 Å². The molecule has 136 valence electrons. The second kappa shape index (κ2) is 6.76. The second-order valence-corrected chi connectivity index (χ2v) is 10.6. The molecule has 0 amide bonds. The summed E-state index contributed by atoms with van der Waals surface area (Å²) in [5.41, 5.74) is -0.0904. The third kappa shape index (κ3) is 4.97. The first-order valence-electron chi connectivity index (χ1n) is 9.41. The van der Waals surface area contributed by atoms with Crippen LogP contribution >= 0.6 is 0 Å². The van der Waals surface area contributed by atoms with Gasteiger partial charge in [0.05, 0.1) is 5.41 Å². The van der Waals surface area contributed by atoms with Crippen LogP contribution < -0.4 is 0 Å². The van der Waals surface area contributed by atoms with Crippen molar-refractivity contribution in [1.29, 1.82) is 0 Å². The lowest BCUT2D eigenvalue weighted by Gasteiger charge is -2.50. The third-order valence-electron chi connectivity index (χ3n) is 6.01. The standard InChI is InChI=1S/C21H40O2/c1-11-21(9,10)18(22)23-17-15(19(3,4)5)12-14(2)13-16(17)20(6,7)8/h14-17H,11-13H2,1-10H3. The summed E-state index contributed by atoms with van der Waals surface area (Å²) in [7, 11) is 0. The number of rotatable bonds is 3. The maximum Gasteiger partial charge on any atom is 0.311 e. The third-order valence-corrected chi connectivity index (χ3v) is 6.01. The van der Waals surface area contributed by atoms with E-state index in [2.05, 4.69) is 55.4 Å². The Labute approximate surface area is 144 Å². The van der Waals surface area contributed by atoms with Crippen LogP contribution in [0.4, 0.5) is 0 Å². The van der Waals surface area contributed by atoms with E-state index in [1.165, 1.54) is 0 Å². The Bertz CT molecular complexity index is 385. The Morgan fingerprint density at radius 2 is 1.30 bits per heavy atom. The molecule has 0 bridgehead atoms. The molecule has 0 aliphatic heterocycles. The van der Waals surface area contributed by atoms with Gasteiger partial charge in [-0.05, 0) is 49.9 Å². The van der Waals surface area contributed by atoms with E-state index >= 15 is 0 Å². The second-order valence-electron chi connectivity index (χ2n) is 10.6. The lowest BCUT2D eigenvalue weighted by Crippen LogP contribution is -2.50. The molecule has 1 saturated carbocycles. The summed E-state index contributed by atoms with van der Waals surface area (Å²) in [5, 5.41) is 0. The van der Waals surface area contributed by atoms with Crippen molar-refractivity contribution < 1.29 is 9.53 Å². The van der Waals surface area contributed by atoms with Gasteiger partial charge >= 0.3 is 5.97 Å². The van der Waals surface area contributed by atoms with Crippen LogP contribution in [0.25, 0.3) is 0 Å². The lowest BCUT2D eigenvalue weighted by atomic mass is 9.59. The predicted octanol–water partition coefficient (Wildman–Crippen LogP) is 6.09. The summed E-state index contributed by atoms with van der Waals surface area (Å²) in [4.78, 5) is 12.8. The van der Waals surface area contributed by atoms with Gasteiger partial charge in [0.25, 0.3) is 0 Å². The van der Waals surface area contributed by atoms with Crippen molar-refractivity contribution in [1.82, 2.24) is 0 Å². The maximum absolute atomic E-state index is 12.8. The molecule has 2 atom stereocenters. The van der Waals surface area contributed by atoms with Crippen LogP contribution in [0.1, 0.15) is 88.5 Å². The van der Waals surface area contributed by atoms with Gasteiger partial charge in [-0.1, -0.05) is 55.4 Å². The quantitative estimate of drug-likeness (QED) is 0.587. The summed E-state index contributed by atoms with van der Waals surface area (Å²) in [6.45, 7) is 22.2. The maximum atomic E-state index is 12.8. The van der Waals surface area contributed by atoms with Gasteiger partial charge in [-0.15, -0.1) is 0 Å². The van der Waals surface area contributed by atoms with Crippen molar-refractivity contribution in [3.05, 3.63) is 0 Å². The zero-order valence-corrected chi connectivity index (χ0v) is 17.2. The molecule has 2 unspecified atom stereocenters. The Hall–Kier alpha value is -0.530. The number of hydrogen-bond acceptors (Lipinski definition) is 2. The molecule has 2 heteroatoms. The van der Waals surface area contributed by atoms with Crippen LogP contribution in [-0.4, -0.2) is 12.1 Å². The van der Waals surface area contributed by atoms with E-state index in [1.54, 1.807) is 0 Å². The van der Waals surface area contributed by atoms with E-state index in [-0.39, 0.29) is 22.9 Å². The van der Waals surface area contributed by atoms with Crippen LogP contribution in [-0.2, 0) is 9.53 Å². The van der Waals surface area contributed by atoms with Gasteiger partial charge in [0, 0.05) is 11.8 Å². The van der Waals surface area contributed by atoms with Crippen LogP contribution in [0.15, 0.2) is 0 Å². The van der Waals surface area contributed by atoms with Crippen LogP contribution in [0.3, 0.4) is 0 Å². The van der Waals surface area contributed by atoms with E-state index in [0.717, 1.165) is 19.3 Å². The molecule has 0 aromatic rings. The number of esters is 1. The molecule has 0 heterocycles. The summed E-state index contributed by atoms with van der Waals surface area (Å²) in [6, 6.07) is 0. The number of carbonyl (C=O) groups excluding carboxylic acids is 1. The monoisotopic (exact) mass is 324 g/mol. The highest BCUT2D eigenvalue weighted by Crippen LogP contribution is 2.50. The minimum absolute atomic E-state index is 0.0250. The van der Waals surface area contributed by atoms with E-state index < -0.39 is 5.41 Å². The van der Waals surface area contributed by atoms with E-state index in [9.17, 15) is 4.79 Å². The number of carbonyl (C=O) groups is 1. The molecule has 0 radical (unpaired) electrons. The average Bonchev–Trinajstić information content (AvgIpc) is 2.37. The number of hydrogen-bond donors (Lipinski definition) is 0. The van der Waals surface area contributed by atoms with Gasteiger partial charge < -0.3 is 4.74 Å². The highest BCUT2D eigenvalue weighted by Gasteiger charge is 2.48. The molecular formula is C21H40O2. The summed E-state index contributed by atoms with van der Waals surface area (Å²) < 4.78 is 6.23. The minimum Gasteiger partial charge on any atom is -0.461 e. The first-order valence-corrected chi connectivity index (χ1v) is 9.41. The van der Waals surface area contributed by atoms with E-state index in [0.29, 0.717) is 17.8 Å². The van der Waals surface area contributed by atoms with Crippen molar-refractivity contribution >= 4 is 5.97 Å². The molecule has 1 aliphatic carbocycles. The first kappa shape index (κ1) is 20.5. The van der Waals surface area contributed by atoms with E-state index in [1.807, 2.05) is 13.8 Å². The van der Waals surface area contributed by atoms with Gasteiger partial charge in [-0.3, -0.25) is 4.79 Å². The Kier molecular flexibility index (Phi) is 6.03. The largest absolute Gasteiger partial charge is 0.461 e. The molecule has 1 fully saturated rings. The highest BCUT2D eigenvalue weighted by atomic mass is 16.5. The van der Waals surface area contributed by atoms with Crippen molar-refractivity contribution in [2.24, 2.45) is 34.0 Å². The Morgan fingerprint density at radius 1 is 0.913 bits per heavy atom. The molecule has 0 N–H and O–H groups in total. The molecule has 0 aromatic heterocycles. The fourth-order valence-electron chi connectivity index (χ4n) is 3.80. The molecule has 1 aliphatic rings. The minimum atomic E-state index is -0.395.